The van der Waals surface area contributed by atoms with Crippen LogP contribution in [0.15, 0.2) is 24.3 Å². The quantitative estimate of drug-likeness (QED) is 0.530. The van der Waals surface area contributed by atoms with Crippen molar-refractivity contribution in [3.8, 4) is 0 Å². The predicted octanol–water partition coefficient (Wildman–Crippen LogP) is 7.03. The number of benzene rings is 1. The van der Waals surface area contributed by atoms with Gasteiger partial charge in [0.05, 0.1) is 0 Å². The smallest absolute Gasteiger partial charge is 0.206 e. The van der Waals surface area contributed by atoms with Crippen LogP contribution in [0.3, 0.4) is 0 Å². The Balaban J connectivity index is 1.47. The molecule has 0 radical (unpaired) electrons. The fourth-order valence-corrected chi connectivity index (χ4v) is 5.86. The molecule has 1 aromatic rings. The van der Waals surface area contributed by atoms with E-state index in [9.17, 15) is 8.78 Å². The van der Waals surface area contributed by atoms with Gasteiger partial charge in [-0.15, -0.1) is 0 Å². The van der Waals surface area contributed by atoms with Crippen molar-refractivity contribution in [2.45, 2.75) is 70.6 Å². The van der Waals surface area contributed by atoms with Crippen LogP contribution < -0.4 is 0 Å². The summed E-state index contributed by atoms with van der Waals surface area (Å²) in [7, 11) is 0. The molecule has 0 bridgehead atoms. The monoisotopic (exact) mass is 362 g/mol. The van der Waals surface area contributed by atoms with Gasteiger partial charge in [0.1, 0.15) is 5.82 Å². The fourth-order valence-electron chi connectivity index (χ4n) is 5.86. The molecule has 0 heterocycles. The number of rotatable bonds is 2. The number of hydrogen-bond donors (Lipinski definition) is 0. The van der Waals surface area contributed by atoms with E-state index in [1.54, 1.807) is 0 Å². The molecule has 0 aliphatic heterocycles. The molecule has 2 fully saturated rings. The van der Waals surface area contributed by atoms with Crippen molar-refractivity contribution in [2.24, 2.45) is 23.7 Å². The van der Waals surface area contributed by atoms with Crippen molar-refractivity contribution in [1.82, 2.24) is 0 Å². The summed E-state index contributed by atoms with van der Waals surface area (Å²) in [4.78, 5) is 0. The maximum Gasteiger partial charge on any atom is 0.266 e. The SMILES string of the molecule is CC1CCc2c(ccc(C3CCC4CC(C=C(F)F)CCC4C3)c2F)C1. The summed E-state index contributed by atoms with van der Waals surface area (Å²) in [6.07, 6.45) is 8.44. The summed E-state index contributed by atoms with van der Waals surface area (Å²) in [5.41, 5.74) is 3.10. The lowest BCUT2D eigenvalue weighted by molar-refractivity contribution is 0.131. The van der Waals surface area contributed by atoms with Crippen molar-refractivity contribution in [3.05, 3.63) is 46.8 Å². The summed E-state index contributed by atoms with van der Waals surface area (Å²) < 4.78 is 40.3. The van der Waals surface area contributed by atoms with Gasteiger partial charge in [-0.05, 0) is 110 Å². The molecule has 142 valence electrons. The summed E-state index contributed by atoms with van der Waals surface area (Å²) >= 11 is 0. The molecule has 0 saturated heterocycles. The van der Waals surface area contributed by atoms with Crippen molar-refractivity contribution < 1.29 is 13.2 Å². The van der Waals surface area contributed by atoms with Gasteiger partial charge >= 0.3 is 0 Å². The van der Waals surface area contributed by atoms with Gasteiger partial charge in [0.25, 0.3) is 6.08 Å². The minimum absolute atomic E-state index is 0.0419. The second-order valence-electron chi connectivity index (χ2n) is 9.01. The van der Waals surface area contributed by atoms with Crippen LogP contribution in [0.1, 0.15) is 74.5 Å². The molecule has 2 saturated carbocycles. The zero-order valence-corrected chi connectivity index (χ0v) is 15.6. The zero-order chi connectivity index (χ0) is 18.3. The number of fused-ring (bicyclic) bond motifs is 2. The molecule has 3 aliphatic carbocycles. The molecule has 0 nitrogen and oxygen atoms in total. The maximum atomic E-state index is 15.2. The molecular formula is C23H29F3. The molecule has 3 heteroatoms. The van der Waals surface area contributed by atoms with E-state index in [4.69, 9.17) is 0 Å². The molecule has 26 heavy (non-hydrogen) atoms. The molecule has 5 atom stereocenters. The third-order valence-electron chi connectivity index (χ3n) is 7.28. The van der Waals surface area contributed by atoms with E-state index in [-0.39, 0.29) is 11.7 Å². The van der Waals surface area contributed by atoms with Crippen molar-refractivity contribution in [1.29, 1.82) is 0 Å². The molecule has 1 aromatic carbocycles. The lowest BCUT2D eigenvalue weighted by Gasteiger charge is -2.42. The summed E-state index contributed by atoms with van der Waals surface area (Å²) in [6, 6.07) is 4.21. The molecular weight excluding hydrogens is 333 g/mol. The van der Waals surface area contributed by atoms with Crippen LogP contribution in [-0.4, -0.2) is 0 Å². The summed E-state index contributed by atoms with van der Waals surface area (Å²) in [6.45, 7) is 2.25. The standard InChI is InChI=1S/C23H29F3/c1-14-2-8-20-18(10-14)7-9-21(23(20)26)19-6-5-16-11-15(12-22(24)25)3-4-17(16)13-19/h7,9,12,14-17,19H,2-6,8,10-11,13H2,1H3. The predicted molar refractivity (Wildman–Crippen MR) is 98.8 cm³/mol. The molecule has 4 rings (SSSR count). The van der Waals surface area contributed by atoms with Crippen LogP contribution in [0.25, 0.3) is 0 Å². The highest BCUT2D eigenvalue weighted by molar-refractivity contribution is 5.38. The molecule has 0 amide bonds. The van der Waals surface area contributed by atoms with E-state index in [1.807, 2.05) is 6.07 Å². The number of halogens is 3. The molecule has 0 spiro atoms. The molecule has 3 aliphatic rings. The van der Waals surface area contributed by atoms with E-state index < -0.39 is 6.08 Å². The normalized spacial score (nSPS) is 33.9. The van der Waals surface area contributed by atoms with Crippen molar-refractivity contribution in [2.75, 3.05) is 0 Å². The maximum absolute atomic E-state index is 15.2. The van der Waals surface area contributed by atoms with Gasteiger partial charge in [-0.3, -0.25) is 0 Å². The highest BCUT2D eigenvalue weighted by atomic mass is 19.3. The lowest BCUT2D eigenvalue weighted by Crippen LogP contribution is -2.30. The van der Waals surface area contributed by atoms with Crippen LogP contribution in [0.4, 0.5) is 13.2 Å². The van der Waals surface area contributed by atoms with Crippen LogP contribution in [0.2, 0.25) is 0 Å². The number of allylic oxidation sites excluding steroid dienone is 1. The topological polar surface area (TPSA) is 0 Å². The first-order chi connectivity index (χ1) is 12.5. The fraction of sp³-hybridized carbons (Fsp3) is 0.652. The van der Waals surface area contributed by atoms with E-state index in [0.29, 0.717) is 23.7 Å². The summed E-state index contributed by atoms with van der Waals surface area (Å²) in [5, 5.41) is 0. The Bertz CT molecular complexity index is 689. The first-order valence-electron chi connectivity index (χ1n) is 10.3. The first kappa shape index (κ1) is 18.1. The highest BCUT2D eigenvalue weighted by Crippen LogP contribution is 2.49. The van der Waals surface area contributed by atoms with Gasteiger partial charge < -0.3 is 0 Å². The average Bonchev–Trinajstić information content (AvgIpc) is 2.61. The van der Waals surface area contributed by atoms with Gasteiger partial charge in [0.2, 0.25) is 0 Å². The van der Waals surface area contributed by atoms with E-state index >= 15 is 4.39 Å². The Labute approximate surface area is 154 Å². The lowest BCUT2D eigenvalue weighted by atomic mass is 9.63. The van der Waals surface area contributed by atoms with Crippen LogP contribution >= 0.6 is 0 Å². The van der Waals surface area contributed by atoms with Crippen molar-refractivity contribution in [3.63, 3.8) is 0 Å². The van der Waals surface area contributed by atoms with Crippen LogP contribution in [-0.2, 0) is 12.8 Å². The second-order valence-corrected chi connectivity index (χ2v) is 9.01. The Kier molecular flexibility index (Phi) is 5.16. The number of hydrogen-bond acceptors (Lipinski definition) is 0. The van der Waals surface area contributed by atoms with Crippen molar-refractivity contribution >= 4 is 0 Å². The van der Waals surface area contributed by atoms with Gasteiger partial charge in [0.15, 0.2) is 0 Å². The van der Waals surface area contributed by atoms with E-state index in [2.05, 4.69) is 13.0 Å². The largest absolute Gasteiger partial charge is 0.266 e. The molecule has 0 aromatic heterocycles. The third kappa shape index (κ3) is 3.59. The second kappa shape index (κ2) is 7.40. The van der Waals surface area contributed by atoms with Crippen LogP contribution in [0.5, 0.6) is 0 Å². The van der Waals surface area contributed by atoms with E-state index in [1.165, 1.54) is 5.56 Å². The zero-order valence-electron chi connectivity index (χ0n) is 15.6. The Morgan fingerprint density at radius 1 is 1.00 bits per heavy atom. The highest BCUT2D eigenvalue weighted by Gasteiger charge is 2.37. The first-order valence-corrected chi connectivity index (χ1v) is 10.3. The Morgan fingerprint density at radius 2 is 1.77 bits per heavy atom. The summed E-state index contributed by atoms with van der Waals surface area (Å²) in [5.74, 6) is 2.19. The minimum atomic E-state index is -1.53. The van der Waals surface area contributed by atoms with Gasteiger partial charge in [-0.2, -0.15) is 8.78 Å². The average molecular weight is 362 g/mol. The molecule has 0 N–H and O–H groups in total. The van der Waals surface area contributed by atoms with Gasteiger partial charge in [0, 0.05) is 0 Å². The minimum Gasteiger partial charge on any atom is -0.206 e. The molecule has 5 unspecified atom stereocenters. The van der Waals surface area contributed by atoms with Gasteiger partial charge in [-0.25, -0.2) is 4.39 Å². The third-order valence-corrected chi connectivity index (χ3v) is 7.28. The van der Waals surface area contributed by atoms with Crippen LogP contribution in [0, 0.1) is 29.5 Å². The van der Waals surface area contributed by atoms with E-state index in [0.717, 1.165) is 75.0 Å². The Hall–Kier alpha value is -1.25. The Morgan fingerprint density at radius 3 is 2.58 bits per heavy atom. The van der Waals surface area contributed by atoms with Gasteiger partial charge in [-0.1, -0.05) is 19.1 Å².